The third kappa shape index (κ3) is 3.00. The quantitative estimate of drug-likeness (QED) is 0.433. The van der Waals surface area contributed by atoms with Gasteiger partial charge in [-0.05, 0) is 31.6 Å². The topological polar surface area (TPSA) is 0 Å². The Labute approximate surface area is 77.1 Å². The second-order valence-corrected chi connectivity index (χ2v) is 4.10. The van der Waals surface area contributed by atoms with Gasteiger partial charge < -0.3 is 0 Å². The van der Waals surface area contributed by atoms with Gasteiger partial charge in [-0.3, -0.25) is 0 Å². The smallest absolute Gasteiger partial charge is 0.0206 e. The second-order valence-electron chi connectivity index (χ2n) is 4.10. The van der Waals surface area contributed by atoms with Crippen LogP contribution in [0.25, 0.3) is 0 Å². The van der Waals surface area contributed by atoms with Crippen LogP contribution in [0.1, 0.15) is 58.3 Å². The van der Waals surface area contributed by atoms with E-state index in [4.69, 9.17) is 0 Å². The van der Waals surface area contributed by atoms with Crippen molar-refractivity contribution in [3.63, 3.8) is 0 Å². The third-order valence-corrected chi connectivity index (χ3v) is 3.03. The highest BCUT2D eigenvalue weighted by molar-refractivity contribution is 5.01. The summed E-state index contributed by atoms with van der Waals surface area (Å²) in [5.74, 6) is 0.868. The maximum atomic E-state index is 4.21. The fourth-order valence-electron chi connectivity index (χ4n) is 2.13. The molecule has 1 rings (SSSR count). The van der Waals surface area contributed by atoms with Crippen LogP contribution in [0.15, 0.2) is 12.2 Å². The van der Waals surface area contributed by atoms with Crippen molar-refractivity contribution in [1.82, 2.24) is 0 Å². The summed E-state index contributed by atoms with van der Waals surface area (Å²) in [4.78, 5) is 0. The van der Waals surface area contributed by atoms with E-state index in [1.54, 1.807) is 5.57 Å². The van der Waals surface area contributed by atoms with Crippen molar-refractivity contribution in [2.45, 2.75) is 58.3 Å². The van der Waals surface area contributed by atoms with Crippen LogP contribution in [0.4, 0.5) is 0 Å². The van der Waals surface area contributed by atoms with Gasteiger partial charge in [-0.15, -0.1) is 0 Å². The van der Waals surface area contributed by atoms with E-state index in [-0.39, 0.29) is 0 Å². The molecule has 1 aliphatic rings. The zero-order valence-electron chi connectivity index (χ0n) is 8.44. The molecule has 0 nitrogen and oxygen atoms in total. The number of rotatable bonds is 3. The summed E-state index contributed by atoms with van der Waals surface area (Å²) < 4.78 is 0. The third-order valence-electron chi connectivity index (χ3n) is 3.03. The van der Waals surface area contributed by atoms with Gasteiger partial charge >= 0.3 is 0 Å². The molecule has 1 atom stereocenters. The monoisotopic (exact) mass is 166 g/mol. The van der Waals surface area contributed by atoms with Crippen molar-refractivity contribution in [3.8, 4) is 0 Å². The minimum atomic E-state index is 0.868. The molecule has 1 saturated carbocycles. The maximum Gasteiger partial charge on any atom is -0.0206 e. The molecule has 0 heterocycles. The van der Waals surface area contributed by atoms with Crippen LogP contribution in [0.2, 0.25) is 0 Å². The van der Waals surface area contributed by atoms with Crippen LogP contribution < -0.4 is 0 Å². The van der Waals surface area contributed by atoms with Gasteiger partial charge in [0.2, 0.25) is 0 Å². The molecular formula is C12H22. The van der Waals surface area contributed by atoms with Crippen LogP contribution in [0.3, 0.4) is 0 Å². The lowest BCUT2D eigenvalue weighted by Gasteiger charge is -2.15. The molecule has 0 aromatic heterocycles. The lowest BCUT2D eigenvalue weighted by Crippen LogP contribution is -2.01. The largest absolute Gasteiger partial charge is 0.0996 e. The number of hydrogen-bond acceptors (Lipinski definition) is 0. The molecule has 0 bridgehead atoms. The fraction of sp³-hybridized carbons (Fsp3) is 0.833. The van der Waals surface area contributed by atoms with E-state index in [1.807, 2.05) is 0 Å². The first-order valence-corrected chi connectivity index (χ1v) is 5.52. The molecule has 0 amide bonds. The molecule has 0 aromatic rings. The van der Waals surface area contributed by atoms with Gasteiger partial charge in [0.1, 0.15) is 0 Å². The van der Waals surface area contributed by atoms with Gasteiger partial charge in [0, 0.05) is 0 Å². The van der Waals surface area contributed by atoms with E-state index in [2.05, 4.69) is 13.5 Å². The molecule has 0 aromatic carbocycles. The number of unbranched alkanes of at least 4 members (excludes halogenated alkanes) is 1. The average Bonchev–Trinajstić information content (AvgIpc) is 2.27. The van der Waals surface area contributed by atoms with Crippen LogP contribution in [0, 0.1) is 5.92 Å². The van der Waals surface area contributed by atoms with Gasteiger partial charge in [0.15, 0.2) is 0 Å². The predicted octanol–water partition coefficient (Wildman–Crippen LogP) is 4.31. The van der Waals surface area contributed by atoms with Gasteiger partial charge in [-0.2, -0.15) is 0 Å². The Hall–Kier alpha value is -0.260. The molecule has 12 heavy (non-hydrogen) atoms. The van der Waals surface area contributed by atoms with Crippen molar-refractivity contribution < 1.29 is 0 Å². The van der Waals surface area contributed by atoms with Crippen LogP contribution in [0.5, 0.6) is 0 Å². The molecule has 0 aliphatic heterocycles. The molecule has 0 spiro atoms. The Morgan fingerprint density at radius 3 is 2.92 bits per heavy atom. The lowest BCUT2D eigenvalue weighted by molar-refractivity contribution is 0.489. The van der Waals surface area contributed by atoms with Crippen LogP contribution >= 0.6 is 0 Å². The minimum absolute atomic E-state index is 0.868. The normalized spacial score (nSPS) is 25.4. The van der Waals surface area contributed by atoms with Gasteiger partial charge in [0.05, 0.1) is 0 Å². The van der Waals surface area contributed by atoms with Gasteiger partial charge in [-0.1, -0.05) is 44.8 Å². The Kier molecular flexibility index (Phi) is 4.42. The van der Waals surface area contributed by atoms with E-state index in [1.165, 1.54) is 51.4 Å². The number of allylic oxidation sites excluding steroid dienone is 1. The SMILES string of the molecule is C=C1CCCCC[C@@H]1CCCC. The first-order chi connectivity index (χ1) is 5.84. The minimum Gasteiger partial charge on any atom is -0.0996 e. The molecule has 70 valence electrons. The number of hydrogen-bond donors (Lipinski definition) is 0. The summed E-state index contributed by atoms with van der Waals surface area (Å²) in [5.41, 5.74) is 1.54. The lowest BCUT2D eigenvalue weighted by atomic mass is 9.90. The Morgan fingerprint density at radius 1 is 1.33 bits per heavy atom. The fourth-order valence-corrected chi connectivity index (χ4v) is 2.13. The molecule has 1 aliphatic carbocycles. The molecule has 0 heteroatoms. The molecule has 0 unspecified atom stereocenters. The zero-order valence-corrected chi connectivity index (χ0v) is 8.44. The second kappa shape index (κ2) is 5.40. The van der Waals surface area contributed by atoms with E-state index in [9.17, 15) is 0 Å². The van der Waals surface area contributed by atoms with Crippen LogP contribution in [-0.2, 0) is 0 Å². The molecular weight excluding hydrogens is 144 g/mol. The predicted molar refractivity (Wildman–Crippen MR) is 55.2 cm³/mol. The van der Waals surface area contributed by atoms with Crippen molar-refractivity contribution in [2.75, 3.05) is 0 Å². The van der Waals surface area contributed by atoms with E-state index >= 15 is 0 Å². The first kappa shape index (κ1) is 9.83. The van der Waals surface area contributed by atoms with Crippen molar-refractivity contribution in [1.29, 1.82) is 0 Å². The summed E-state index contributed by atoms with van der Waals surface area (Å²) in [6, 6.07) is 0. The highest BCUT2D eigenvalue weighted by Crippen LogP contribution is 2.30. The Morgan fingerprint density at radius 2 is 2.17 bits per heavy atom. The average molecular weight is 166 g/mol. The van der Waals surface area contributed by atoms with Crippen molar-refractivity contribution in [3.05, 3.63) is 12.2 Å². The Balaban J connectivity index is 2.31. The van der Waals surface area contributed by atoms with Gasteiger partial charge in [-0.25, -0.2) is 0 Å². The summed E-state index contributed by atoms with van der Waals surface area (Å²) in [6.07, 6.45) is 11.1. The summed E-state index contributed by atoms with van der Waals surface area (Å²) in [7, 11) is 0. The zero-order chi connectivity index (χ0) is 8.81. The van der Waals surface area contributed by atoms with E-state index < -0.39 is 0 Å². The van der Waals surface area contributed by atoms with E-state index in [0.29, 0.717) is 0 Å². The maximum absolute atomic E-state index is 4.21. The summed E-state index contributed by atoms with van der Waals surface area (Å²) in [6.45, 7) is 6.49. The van der Waals surface area contributed by atoms with Gasteiger partial charge in [0.25, 0.3) is 0 Å². The first-order valence-electron chi connectivity index (χ1n) is 5.52. The molecule has 0 radical (unpaired) electrons. The van der Waals surface area contributed by atoms with Crippen molar-refractivity contribution >= 4 is 0 Å². The summed E-state index contributed by atoms with van der Waals surface area (Å²) in [5, 5.41) is 0. The molecule has 1 fully saturated rings. The summed E-state index contributed by atoms with van der Waals surface area (Å²) >= 11 is 0. The standard InChI is InChI=1S/C12H22/c1-3-4-9-12-10-7-5-6-8-11(12)2/h12H,2-10H2,1H3/t12-/m0/s1. The Bertz CT molecular complexity index is 135. The highest BCUT2D eigenvalue weighted by atomic mass is 14.2. The van der Waals surface area contributed by atoms with Crippen LogP contribution in [-0.4, -0.2) is 0 Å². The molecule has 0 N–H and O–H groups in total. The van der Waals surface area contributed by atoms with Crippen molar-refractivity contribution in [2.24, 2.45) is 5.92 Å². The molecule has 0 saturated heterocycles. The highest BCUT2D eigenvalue weighted by Gasteiger charge is 2.14. The van der Waals surface area contributed by atoms with E-state index in [0.717, 1.165) is 5.92 Å².